The van der Waals surface area contributed by atoms with E-state index in [0.29, 0.717) is 31.1 Å². The summed E-state index contributed by atoms with van der Waals surface area (Å²) in [6.45, 7) is 5.58. The van der Waals surface area contributed by atoms with E-state index < -0.39 is 18.0 Å². The highest BCUT2D eigenvalue weighted by Crippen LogP contribution is 2.39. The van der Waals surface area contributed by atoms with Gasteiger partial charge in [0.2, 0.25) is 0 Å². The number of ether oxygens (including phenoxy) is 2. The van der Waals surface area contributed by atoms with Crippen molar-refractivity contribution in [3.05, 3.63) is 76.6 Å². The molecule has 2 atom stereocenters. The van der Waals surface area contributed by atoms with E-state index in [4.69, 9.17) is 9.47 Å². The maximum Gasteiger partial charge on any atom is 0.416 e. The Morgan fingerprint density at radius 3 is 2.64 bits per heavy atom. The molecule has 194 valence electrons. The molecule has 0 radical (unpaired) electrons. The average molecular weight is 504 g/mol. The zero-order chi connectivity index (χ0) is 25.7. The summed E-state index contributed by atoms with van der Waals surface area (Å²) in [5.41, 5.74) is 2.35. The standard InChI is InChI=1S/C27H32F3N3O3/c1-3-11-33-23-16-31-26(34)14-20(21(23)15-32-33)18-9-10-24(25(13-18)35-12-4-2)36-17-19-7-5-6-8-22(19)27(28,29)30/h5-10,13,15,20,26,31,34H,3-4,11-12,14,16-17H2,1-2H3. The van der Waals surface area contributed by atoms with Crippen LogP contribution in [-0.4, -0.2) is 27.7 Å². The Morgan fingerprint density at radius 2 is 1.89 bits per heavy atom. The molecule has 6 nitrogen and oxygen atoms in total. The minimum absolute atomic E-state index is 0.0569. The van der Waals surface area contributed by atoms with E-state index in [1.165, 1.54) is 12.1 Å². The fraction of sp³-hybridized carbons (Fsp3) is 0.444. The van der Waals surface area contributed by atoms with Gasteiger partial charge in [0, 0.05) is 30.1 Å². The van der Waals surface area contributed by atoms with Crippen molar-refractivity contribution in [1.82, 2.24) is 15.1 Å². The van der Waals surface area contributed by atoms with Crippen LogP contribution in [-0.2, 0) is 25.9 Å². The first kappa shape index (κ1) is 26.0. The highest BCUT2D eigenvalue weighted by molar-refractivity contribution is 5.47. The van der Waals surface area contributed by atoms with Crippen molar-refractivity contribution in [3.63, 3.8) is 0 Å². The van der Waals surface area contributed by atoms with E-state index in [2.05, 4.69) is 17.3 Å². The summed E-state index contributed by atoms with van der Waals surface area (Å²) in [5, 5.41) is 18.2. The highest BCUT2D eigenvalue weighted by atomic mass is 19.4. The average Bonchev–Trinajstić information content (AvgIpc) is 3.17. The van der Waals surface area contributed by atoms with Crippen molar-refractivity contribution in [3.8, 4) is 11.5 Å². The van der Waals surface area contributed by atoms with Crippen LogP contribution in [0.2, 0.25) is 0 Å². The summed E-state index contributed by atoms with van der Waals surface area (Å²) >= 11 is 0. The molecule has 2 N–H and O–H groups in total. The van der Waals surface area contributed by atoms with Crippen molar-refractivity contribution in [1.29, 1.82) is 0 Å². The summed E-state index contributed by atoms with van der Waals surface area (Å²) in [6, 6.07) is 10.9. The largest absolute Gasteiger partial charge is 0.490 e. The number of benzene rings is 2. The van der Waals surface area contributed by atoms with Gasteiger partial charge in [-0.15, -0.1) is 0 Å². The minimum atomic E-state index is -4.46. The van der Waals surface area contributed by atoms with Gasteiger partial charge in [0.1, 0.15) is 12.8 Å². The fourth-order valence-electron chi connectivity index (χ4n) is 4.54. The van der Waals surface area contributed by atoms with Crippen molar-refractivity contribution in [2.24, 2.45) is 0 Å². The van der Waals surface area contributed by atoms with Gasteiger partial charge in [-0.25, -0.2) is 0 Å². The van der Waals surface area contributed by atoms with E-state index in [-0.39, 0.29) is 18.1 Å². The summed E-state index contributed by atoms with van der Waals surface area (Å²) in [6.07, 6.45) is -1.12. The molecule has 1 aromatic heterocycles. The number of rotatable bonds is 9. The van der Waals surface area contributed by atoms with Crippen LogP contribution in [0.25, 0.3) is 0 Å². The molecular weight excluding hydrogens is 471 g/mol. The van der Waals surface area contributed by atoms with Crippen molar-refractivity contribution in [2.75, 3.05) is 6.61 Å². The SMILES string of the molecule is CCCOc1cc(C2CC(O)NCc3c2cnn3CCC)ccc1OCc1ccccc1C(F)(F)F. The van der Waals surface area contributed by atoms with E-state index in [0.717, 1.165) is 42.3 Å². The molecule has 1 aliphatic rings. The number of hydrogen-bond donors (Lipinski definition) is 2. The van der Waals surface area contributed by atoms with Gasteiger partial charge in [-0.05, 0) is 43.0 Å². The predicted octanol–water partition coefficient (Wildman–Crippen LogP) is 5.62. The van der Waals surface area contributed by atoms with Crippen molar-refractivity contribution in [2.45, 2.75) is 71.1 Å². The van der Waals surface area contributed by atoms with Gasteiger partial charge < -0.3 is 14.6 Å². The molecule has 2 heterocycles. The van der Waals surface area contributed by atoms with Crippen LogP contribution in [0.4, 0.5) is 13.2 Å². The lowest BCUT2D eigenvalue weighted by atomic mass is 9.88. The first-order valence-electron chi connectivity index (χ1n) is 12.3. The molecule has 1 aliphatic heterocycles. The number of hydrogen-bond acceptors (Lipinski definition) is 5. The van der Waals surface area contributed by atoms with Crippen LogP contribution in [0.1, 0.15) is 67.0 Å². The van der Waals surface area contributed by atoms with Crippen LogP contribution in [0, 0.1) is 0 Å². The van der Waals surface area contributed by atoms with E-state index >= 15 is 0 Å². The third kappa shape index (κ3) is 5.84. The van der Waals surface area contributed by atoms with Crippen LogP contribution in [0.15, 0.2) is 48.7 Å². The first-order valence-corrected chi connectivity index (χ1v) is 12.3. The van der Waals surface area contributed by atoms with E-state index in [1.807, 2.05) is 29.9 Å². The van der Waals surface area contributed by atoms with Crippen LogP contribution >= 0.6 is 0 Å². The normalized spacial score (nSPS) is 17.9. The van der Waals surface area contributed by atoms with Gasteiger partial charge in [0.05, 0.1) is 24.1 Å². The van der Waals surface area contributed by atoms with Crippen LogP contribution < -0.4 is 14.8 Å². The Labute approximate surface area is 209 Å². The summed E-state index contributed by atoms with van der Waals surface area (Å²) in [5.74, 6) is 0.714. The smallest absolute Gasteiger partial charge is 0.416 e. The van der Waals surface area contributed by atoms with Crippen LogP contribution in [0.3, 0.4) is 0 Å². The maximum atomic E-state index is 13.4. The van der Waals surface area contributed by atoms with Crippen molar-refractivity contribution < 1.29 is 27.8 Å². The van der Waals surface area contributed by atoms with E-state index in [1.54, 1.807) is 12.1 Å². The molecule has 2 aromatic carbocycles. The summed E-state index contributed by atoms with van der Waals surface area (Å²) in [4.78, 5) is 0. The monoisotopic (exact) mass is 503 g/mol. The summed E-state index contributed by atoms with van der Waals surface area (Å²) < 4.78 is 54.0. The number of nitrogens with zero attached hydrogens (tertiary/aromatic N) is 2. The van der Waals surface area contributed by atoms with Gasteiger partial charge >= 0.3 is 6.18 Å². The number of alkyl halides is 3. The second-order valence-electron chi connectivity index (χ2n) is 8.95. The molecular formula is C27H32F3N3O3. The fourth-order valence-corrected chi connectivity index (χ4v) is 4.54. The molecule has 0 aliphatic carbocycles. The molecule has 9 heteroatoms. The molecule has 4 rings (SSSR count). The number of halogens is 3. The minimum Gasteiger partial charge on any atom is -0.490 e. The number of aromatic nitrogens is 2. The molecule has 0 saturated heterocycles. The van der Waals surface area contributed by atoms with E-state index in [9.17, 15) is 18.3 Å². The molecule has 36 heavy (non-hydrogen) atoms. The predicted molar refractivity (Wildman–Crippen MR) is 130 cm³/mol. The lowest BCUT2D eigenvalue weighted by Gasteiger charge is -2.20. The van der Waals surface area contributed by atoms with Gasteiger partial charge in [-0.2, -0.15) is 18.3 Å². The Hall–Kier alpha value is -3.04. The molecule has 2 unspecified atom stereocenters. The van der Waals surface area contributed by atoms with Crippen LogP contribution in [0.5, 0.6) is 11.5 Å². The molecule has 0 bridgehead atoms. The molecule has 0 fully saturated rings. The van der Waals surface area contributed by atoms with Crippen molar-refractivity contribution >= 4 is 0 Å². The van der Waals surface area contributed by atoms with Gasteiger partial charge in [-0.3, -0.25) is 10.00 Å². The molecule has 0 saturated carbocycles. The highest BCUT2D eigenvalue weighted by Gasteiger charge is 2.33. The lowest BCUT2D eigenvalue weighted by Crippen LogP contribution is -2.28. The topological polar surface area (TPSA) is 68.5 Å². The third-order valence-electron chi connectivity index (χ3n) is 6.29. The molecule has 0 spiro atoms. The Bertz CT molecular complexity index is 1160. The zero-order valence-corrected chi connectivity index (χ0v) is 20.5. The van der Waals surface area contributed by atoms with Gasteiger partial charge in [0.15, 0.2) is 11.5 Å². The van der Waals surface area contributed by atoms with Gasteiger partial charge in [0.25, 0.3) is 0 Å². The second kappa shape index (κ2) is 11.3. The summed E-state index contributed by atoms with van der Waals surface area (Å²) in [7, 11) is 0. The first-order chi connectivity index (χ1) is 17.3. The van der Waals surface area contributed by atoms with Gasteiger partial charge in [-0.1, -0.05) is 38.1 Å². The Morgan fingerprint density at radius 1 is 1.08 bits per heavy atom. The molecule has 0 amide bonds. The lowest BCUT2D eigenvalue weighted by molar-refractivity contribution is -0.138. The molecule has 3 aromatic rings. The zero-order valence-electron chi connectivity index (χ0n) is 20.5. The maximum absolute atomic E-state index is 13.4. The Balaban J connectivity index is 1.64. The number of aryl methyl sites for hydroxylation is 1. The second-order valence-corrected chi connectivity index (χ2v) is 8.95. The quantitative estimate of drug-likeness (QED) is 0.397. The number of nitrogens with one attached hydrogen (secondary N) is 1. The number of fused-ring (bicyclic) bond motifs is 1. The third-order valence-corrected chi connectivity index (χ3v) is 6.29. The Kier molecular flexibility index (Phi) is 8.21. The number of aliphatic hydroxyl groups excluding tert-OH is 1. The number of aliphatic hydroxyl groups is 1.